The van der Waals surface area contributed by atoms with Crippen LogP contribution in [-0.4, -0.2) is 25.1 Å². The molecule has 0 spiro atoms. The predicted octanol–water partition coefficient (Wildman–Crippen LogP) is 4.23. The Labute approximate surface area is 170 Å². The minimum atomic E-state index is -0.478. The summed E-state index contributed by atoms with van der Waals surface area (Å²) in [6.45, 7) is -0.131. The Balaban J connectivity index is 1.44. The van der Waals surface area contributed by atoms with Crippen LogP contribution in [0.5, 0.6) is 5.75 Å². The van der Waals surface area contributed by atoms with Crippen LogP contribution in [0.4, 0.5) is 5.69 Å². The molecule has 0 fully saturated rings. The fourth-order valence-corrected chi connectivity index (χ4v) is 2.79. The van der Waals surface area contributed by atoms with Gasteiger partial charge in [0.25, 0.3) is 5.91 Å². The van der Waals surface area contributed by atoms with Gasteiger partial charge in [-0.15, -0.1) is 0 Å². The molecule has 148 valence electrons. The molecular formula is C24H23NO4. The molecular weight excluding hydrogens is 366 g/mol. The summed E-state index contributed by atoms with van der Waals surface area (Å²) in [6.07, 6.45) is 0.778. The second-order valence-electron chi connectivity index (χ2n) is 6.44. The van der Waals surface area contributed by atoms with E-state index in [0.29, 0.717) is 17.9 Å². The Hall–Kier alpha value is -3.60. The number of hydrogen-bond acceptors (Lipinski definition) is 4. The van der Waals surface area contributed by atoms with Crippen molar-refractivity contribution in [3.05, 3.63) is 96.1 Å². The number of carbonyl (C=O) groups excluding carboxylic acids is 2. The van der Waals surface area contributed by atoms with Gasteiger partial charge in [0.2, 0.25) is 0 Å². The summed E-state index contributed by atoms with van der Waals surface area (Å²) in [6, 6.07) is 26.8. The van der Waals surface area contributed by atoms with Crippen LogP contribution in [-0.2, 0) is 20.7 Å². The average molecular weight is 389 g/mol. The molecule has 0 heterocycles. The molecule has 0 aliphatic heterocycles. The summed E-state index contributed by atoms with van der Waals surface area (Å²) in [7, 11) is 0. The SMILES string of the molecule is O=C(COC(=O)CCOc1ccccc1)Nc1ccccc1Cc1ccccc1. The van der Waals surface area contributed by atoms with Gasteiger partial charge in [0.15, 0.2) is 6.61 Å². The Bertz CT molecular complexity index is 926. The number of nitrogens with one attached hydrogen (secondary N) is 1. The van der Waals surface area contributed by atoms with Gasteiger partial charge < -0.3 is 14.8 Å². The molecule has 5 heteroatoms. The van der Waals surface area contributed by atoms with Crippen LogP contribution in [0.25, 0.3) is 0 Å². The largest absolute Gasteiger partial charge is 0.493 e. The molecule has 29 heavy (non-hydrogen) atoms. The van der Waals surface area contributed by atoms with Crippen LogP contribution in [0.3, 0.4) is 0 Å². The van der Waals surface area contributed by atoms with Gasteiger partial charge in [-0.1, -0.05) is 66.7 Å². The predicted molar refractivity (Wildman–Crippen MR) is 112 cm³/mol. The van der Waals surface area contributed by atoms with Crippen LogP contribution in [0.2, 0.25) is 0 Å². The van der Waals surface area contributed by atoms with Gasteiger partial charge in [-0.05, 0) is 35.7 Å². The summed E-state index contributed by atoms with van der Waals surface area (Å²) in [5, 5.41) is 2.82. The van der Waals surface area contributed by atoms with E-state index in [1.54, 1.807) is 0 Å². The van der Waals surface area contributed by atoms with Crippen molar-refractivity contribution in [3.63, 3.8) is 0 Å². The van der Waals surface area contributed by atoms with Gasteiger partial charge in [-0.3, -0.25) is 9.59 Å². The Morgan fingerprint density at radius 1 is 0.793 bits per heavy atom. The Kier molecular flexibility index (Phi) is 7.41. The van der Waals surface area contributed by atoms with Crippen molar-refractivity contribution >= 4 is 17.6 Å². The van der Waals surface area contributed by atoms with Gasteiger partial charge in [0.05, 0.1) is 13.0 Å². The highest BCUT2D eigenvalue weighted by Gasteiger charge is 2.10. The third-order valence-corrected chi connectivity index (χ3v) is 4.21. The molecule has 0 saturated carbocycles. The lowest BCUT2D eigenvalue weighted by molar-refractivity contribution is -0.147. The highest BCUT2D eigenvalue weighted by molar-refractivity contribution is 5.93. The number of esters is 1. The fraction of sp³-hybridized carbons (Fsp3) is 0.167. The second-order valence-corrected chi connectivity index (χ2v) is 6.44. The molecule has 1 N–H and O–H groups in total. The van der Waals surface area contributed by atoms with Gasteiger partial charge in [-0.25, -0.2) is 0 Å². The molecule has 0 radical (unpaired) electrons. The first-order valence-corrected chi connectivity index (χ1v) is 9.46. The molecule has 3 rings (SSSR count). The van der Waals surface area contributed by atoms with E-state index in [0.717, 1.165) is 11.1 Å². The van der Waals surface area contributed by atoms with Crippen molar-refractivity contribution in [3.8, 4) is 5.75 Å². The zero-order valence-electron chi connectivity index (χ0n) is 16.0. The summed E-state index contributed by atoms with van der Waals surface area (Å²) < 4.78 is 10.5. The van der Waals surface area contributed by atoms with Crippen LogP contribution in [0.15, 0.2) is 84.9 Å². The topological polar surface area (TPSA) is 64.6 Å². The van der Waals surface area contributed by atoms with Gasteiger partial charge in [0, 0.05) is 5.69 Å². The minimum absolute atomic E-state index is 0.0762. The first-order chi connectivity index (χ1) is 14.2. The highest BCUT2D eigenvalue weighted by atomic mass is 16.5. The van der Waals surface area contributed by atoms with Gasteiger partial charge in [-0.2, -0.15) is 0 Å². The number of anilines is 1. The van der Waals surface area contributed by atoms with E-state index in [1.165, 1.54) is 0 Å². The van der Waals surface area contributed by atoms with Gasteiger partial charge in [0.1, 0.15) is 5.75 Å². The number of ether oxygens (including phenoxy) is 2. The quantitative estimate of drug-likeness (QED) is 0.556. The number of amides is 1. The lowest BCUT2D eigenvalue weighted by atomic mass is 10.0. The second kappa shape index (κ2) is 10.7. The molecule has 3 aromatic rings. The van der Waals surface area contributed by atoms with E-state index in [-0.39, 0.29) is 25.5 Å². The molecule has 0 aromatic heterocycles. The number of para-hydroxylation sites is 2. The average Bonchev–Trinajstić information content (AvgIpc) is 2.75. The van der Waals surface area contributed by atoms with E-state index in [1.807, 2.05) is 84.9 Å². The van der Waals surface area contributed by atoms with Crippen molar-refractivity contribution in [1.82, 2.24) is 0 Å². The molecule has 0 saturated heterocycles. The van der Waals surface area contributed by atoms with Crippen molar-refractivity contribution in [2.75, 3.05) is 18.5 Å². The molecule has 0 aliphatic carbocycles. The lowest BCUT2D eigenvalue weighted by Gasteiger charge is -2.12. The number of carbonyl (C=O) groups is 2. The van der Waals surface area contributed by atoms with Crippen LogP contribution >= 0.6 is 0 Å². The maximum absolute atomic E-state index is 12.2. The highest BCUT2D eigenvalue weighted by Crippen LogP contribution is 2.19. The number of rotatable bonds is 9. The zero-order chi connectivity index (χ0) is 20.3. The van der Waals surface area contributed by atoms with E-state index in [9.17, 15) is 9.59 Å². The molecule has 1 amide bonds. The van der Waals surface area contributed by atoms with E-state index in [4.69, 9.17) is 9.47 Å². The van der Waals surface area contributed by atoms with E-state index >= 15 is 0 Å². The Morgan fingerprint density at radius 2 is 1.45 bits per heavy atom. The van der Waals surface area contributed by atoms with E-state index in [2.05, 4.69) is 5.32 Å². The number of benzene rings is 3. The third-order valence-electron chi connectivity index (χ3n) is 4.21. The maximum atomic E-state index is 12.2. The van der Waals surface area contributed by atoms with E-state index < -0.39 is 5.97 Å². The van der Waals surface area contributed by atoms with Gasteiger partial charge >= 0.3 is 5.97 Å². The van der Waals surface area contributed by atoms with Crippen molar-refractivity contribution < 1.29 is 19.1 Å². The number of hydrogen-bond donors (Lipinski definition) is 1. The first kappa shape index (κ1) is 20.1. The molecule has 3 aromatic carbocycles. The third kappa shape index (κ3) is 6.81. The first-order valence-electron chi connectivity index (χ1n) is 9.46. The lowest BCUT2D eigenvalue weighted by Crippen LogP contribution is -2.22. The summed E-state index contributed by atoms with van der Waals surface area (Å²) in [5.74, 6) is -0.162. The van der Waals surface area contributed by atoms with Crippen LogP contribution in [0, 0.1) is 0 Å². The molecule has 5 nitrogen and oxygen atoms in total. The maximum Gasteiger partial charge on any atom is 0.309 e. The zero-order valence-corrected chi connectivity index (χ0v) is 16.0. The van der Waals surface area contributed by atoms with Crippen LogP contribution < -0.4 is 10.1 Å². The van der Waals surface area contributed by atoms with Crippen molar-refractivity contribution in [2.24, 2.45) is 0 Å². The molecule has 0 atom stereocenters. The van der Waals surface area contributed by atoms with Crippen LogP contribution in [0.1, 0.15) is 17.5 Å². The fourth-order valence-electron chi connectivity index (χ4n) is 2.79. The molecule has 0 unspecified atom stereocenters. The normalized spacial score (nSPS) is 10.2. The Morgan fingerprint density at radius 3 is 2.21 bits per heavy atom. The summed E-state index contributed by atoms with van der Waals surface area (Å²) in [4.78, 5) is 24.0. The molecule has 0 bridgehead atoms. The smallest absolute Gasteiger partial charge is 0.309 e. The monoisotopic (exact) mass is 389 g/mol. The summed E-state index contributed by atoms with van der Waals surface area (Å²) >= 11 is 0. The van der Waals surface area contributed by atoms with Crippen molar-refractivity contribution in [1.29, 1.82) is 0 Å². The minimum Gasteiger partial charge on any atom is -0.493 e. The molecule has 0 aliphatic rings. The van der Waals surface area contributed by atoms with Crippen molar-refractivity contribution in [2.45, 2.75) is 12.8 Å². The standard InChI is InChI=1S/C24H23NO4/c26-23(18-29-24(27)15-16-28-21-12-5-2-6-13-21)25-22-14-8-7-11-20(22)17-19-9-3-1-4-10-19/h1-14H,15-18H2,(H,25,26). The summed E-state index contributed by atoms with van der Waals surface area (Å²) in [5.41, 5.74) is 2.86.